The van der Waals surface area contributed by atoms with Crippen LogP contribution in [0.5, 0.6) is 0 Å². The summed E-state index contributed by atoms with van der Waals surface area (Å²) < 4.78 is 0. The lowest BCUT2D eigenvalue weighted by molar-refractivity contribution is -0.117. The van der Waals surface area contributed by atoms with Crippen molar-refractivity contribution in [3.05, 3.63) is 102 Å². The van der Waals surface area contributed by atoms with E-state index in [0.29, 0.717) is 24.3 Å². The minimum absolute atomic E-state index is 0.0675. The summed E-state index contributed by atoms with van der Waals surface area (Å²) in [6.07, 6.45) is 0.703. The van der Waals surface area contributed by atoms with Gasteiger partial charge in [0, 0.05) is 11.3 Å². The third-order valence-electron chi connectivity index (χ3n) is 4.59. The Morgan fingerprint density at radius 2 is 1.48 bits per heavy atom. The van der Waals surface area contributed by atoms with Gasteiger partial charge in [-0.2, -0.15) is 0 Å². The van der Waals surface area contributed by atoms with Crippen molar-refractivity contribution in [1.29, 1.82) is 0 Å². The Hall–Kier alpha value is -3.44. The maximum Gasteiger partial charge on any atom is 0.274 e. The molecule has 0 aromatic heterocycles. The lowest BCUT2D eigenvalue weighted by Crippen LogP contribution is -2.23. The van der Waals surface area contributed by atoms with Crippen LogP contribution in [0.2, 0.25) is 0 Å². The van der Waals surface area contributed by atoms with Gasteiger partial charge in [-0.05, 0) is 41.8 Å². The average Bonchev–Trinajstić information content (AvgIpc) is 2.76. The van der Waals surface area contributed by atoms with E-state index in [-0.39, 0.29) is 17.7 Å². The van der Waals surface area contributed by atoms with Crippen LogP contribution in [0.1, 0.15) is 40.7 Å². The maximum absolute atomic E-state index is 12.6. The number of hydroxylamine groups is 1. The number of carbonyl (C=O) groups is 2. The van der Waals surface area contributed by atoms with Gasteiger partial charge < -0.3 is 5.32 Å². The van der Waals surface area contributed by atoms with E-state index in [2.05, 4.69) is 10.8 Å². The smallest absolute Gasteiger partial charge is 0.274 e. The molecule has 0 aliphatic carbocycles. The minimum Gasteiger partial charge on any atom is -0.326 e. The Morgan fingerprint density at radius 1 is 0.862 bits per heavy atom. The van der Waals surface area contributed by atoms with Crippen LogP contribution in [0.3, 0.4) is 0 Å². The summed E-state index contributed by atoms with van der Waals surface area (Å²) in [4.78, 5) is 30.1. The van der Waals surface area contributed by atoms with E-state index in [9.17, 15) is 9.59 Å². The van der Waals surface area contributed by atoms with Gasteiger partial charge in [-0.3, -0.25) is 14.4 Å². The molecule has 5 nitrogen and oxygen atoms in total. The molecule has 0 heterocycles. The molecule has 0 saturated heterocycles. The van der Waals surface area contributed by atoms with Crippen molar-refractivity contribution in [2.45, 2.75) is 25.9 Å². The number of nitrogens with one attached hydrogen (secondary N) is 2. The molecule has 0 saturated carbocycles. The standard InChI is InChI=1S/C24H24N2O3/c1-2-22(19-11-7-4-8-12-19)24(28)25-21-15-13-20(14-16-21)23(27)26-29-17-18-9-5-3-6-10-18/h3-16,22H,2,17H2,1H3,(H,25,28)(H,26,27)/t22-/m0/s1. The second-order valence-electron chi connectivity index (χ2n) is 6.64. The first kappa shape index (κ1) is 20.3. The molecule has 0 fully saturated rings. The van der Waals surface area contributed by atoms with E-state index >= 15 is 0 Å². The van der Waals surface area contributed by atoms with E-state index in [4.69, 9.17) is 4.84 Å². The summed E-state index contributed by atoms with van der Waals surface area (Å²) in [7, 11) is 0. The second kappa shape index (κ2) is 10.2. The van der Waals surface area contributed by atoms with Crippen molar-refractivity contribution >= 4 is 17.5 Å². The van der Waals surface area contributed by atoms with Gasteiger partial charge >= 0.3 is 0 Å². The lowest BCUT2D eigenvalue weighted by Gasteiger charge is -2.15. The summed E-state index contributed by atoms with van der Waals surface area (Å²) in [5.74, 6) is -0.623. The molecule has 3 aromatic rings. The zero-order valence-corrected chi connectivity index (χ0v) is 16.3. The summed E-state index contributed by atoms with van der Waals surface area (Å²) in [5.41, 5.74) is 5.48. The fraction of sp³-hybridized carbons (Fsp3) is 0.167. The van der Waals surface area contributed by atoms with E-state index in [0.717, 1.165) is 11.1 Å². The van der Waals surface area contributed by atoms with E-state index in [1.54, 1.807) is 24.3 Å². The zero-order chi connectivity index (χ0) is 20.5. The first-order chi connectivity index (χ1) is 14.2. The highest BCUT2D eigenvalue weighted by Crippen LogP contribution is 2.21. The quantitative estimate of drug-likeness (QED) is 0.551. The molecular formula is C24H24N2O3. The monoisotopic (exact) mass is 388 g/mol. The van der Waals surface area contributed by atoms with Crippen molar-refractivity contribution in [1.82, 2.24) is 5.48 Å². The third-order valence-corrected chi connectivity index (χ3v) is 4.59. The fourth-order valence-corrected chi connectivity index (χ4v) is 3.01. The highest BCUT2D eigenvalue weighted by molar-refractivity contribution is 5.97. The van der Waals surface area contributed by atoms with Gasteiger partial charge in [0.25, 0.3) is 5.91 Å². The van der Waals surface area contributed by atoms with Crippen LogP contribution in [0.4, 0.5) is 5.69 Å². The first-order valence-corrected chi connectivity index (χ1v) is 9.59. The number of anilines is 1. The molecule has 0 aliphatic heterocycles. The summed E-state index contributed by atoms with van der Waals surface area (Å²) in [6, 6.07) is 26.0. The number of hydrogen-bond acceptors (Lipinski definition) is 3. The predicted molar refractivity (Wildman–Crippen MR) is 113 cm³/mol. The highest BCUT2D eigenvalue weighted by atomic mass is 16.6. The third kappa shape index (κ3) is 5.77. The Labute approximate surface area is 170 Å². The molecule has 1 atom stereocenters. The average molecular weight is 388 g/mol. The molecule has 3 aromatic carbocycles. The fourth-order valence-electron chi connectivity index (χ4n) is 3.01. The molecule has 148 valence electrons. The first-order valence-electron chi connectivity index (χ1n) is 9.59. The van der Waals surface area contributed by atoms with Crippen LogP contribution in [0, 0.1) is 0 Å². The van der Waals surface area contributed by atoms with Crippen molar-refractivity contribution in [3.8, 4) is 0 Å². The molecule has 0 bridgehead atoms. The normalized spacial score (nSPS) is 11.5. The van der Waals surface area contributed by atoms with E-state index in [1.165, 1.54) is 0 Å². The van der Waals surface area contributed by atoms with E-state index < -0.39 is 0 Å². The number of carbonyl (C=O) groups excluding carboxylic acids is 2. The van der Waals surface area contributed by atoms with Gasteiger partial charge in [-0.1, -0.05) is 67.6 Å². The van der Waals surface area contributed by atoms with Crippen molar-refractivity contribution in [3.63, 3.8) is 0 Å². The van der Waals surface area contributed by atoms with Gasteiger partial charge in [0.05, 0.1) is 12.5 Å². The van der Waals surface area contributed by atoms with Crippen molar-refractivity contribution in [2.24, 2.45) is 0 Å². The molecule has 0 unspecified atom stereocenters. The molecule has 29 heavy (non-hydrogen) atoms. The zero-order valence-electron chi connectivity index (χ0n) is 16.3. The lowest BCUT2D eigenvalue weighted by atomic mass is 9.95. The van der Waals surface area contributed by atoms with E-state index in [1.807, 2.05) is 67.6 Å². The largest absolute Gasteiger partial charge is 0.326 e. The number of amides is 2. The molecule has 2 N–H and O–H groups in total. The van der Waals surface area contributed by atoms with Crippen LogP contribution in [0.15, 0.2) is 84.9 Å². The van der Waals surface area contributed by atoms with Gasteiger partial charge in [0.15, 0.2) is 0 Å². The van der Waals surface area contributed by atoms with Crippen molar-refractivity contribution in [2.75, 3.05) is 5.32 Å². The summed E-state index contributed by atoms with van der Waals surface area (Å²) in [5, 5.41) is 2.92. The molecule has 0 radical (unpaired) electrons. The molecule has 5 heteroatoms. The SMILES string of the molecule is CC[C@H](C(=O)Nc1ccc(C(=O)NOCc2ccccc2)cc1)c1ccccc1. The van der Waals surface area contributed by atoms with Gasteiger partial charge in [-0.25, -0.2) is 5.48 Å². The van der Waals surface area contributed by atoms with Gasteiger partial charge in [-0.15, -0.1) is 0 Å². The number of benzene rings is 3. The molecule has 0 spiro atoms. The van der Waals surface area contributed by atoms with Crippen LogP contribution in [0.25, 0.3) is 0 Å². The Morgan fingerprint density at radius 3 is 2.10 bits per heavy atom. The minimum atomic E-state index is -0.338. The second-order valence-corrected chi connectivity index (χ2v) is 6.64. The number of rotatable bonds is 8. The van der Waals surface area contributed by atoms with Gasteiger partial charge in [0.1, 0.15) is 0 Å². The highest BCUT2D eigenvalue weighted by Gasteiger charge is 2.18. The van der Waals surface area contributed by atoms with Crippen LogP contribution >= 0.6 is 0 Å². The van der Waals surface area contributed by atoms with Crippen LogP contribution in [-0.2, 0) is 16.2 Å². The summed E-state index contributed by atoms with van der Waals surface area (Å²) in [6.45, 7) is 2.28. The number of hydrogen-bond donors (Lipinski definition) is 2. The predicted octanol–water partition coefficient (Wildman–Crippen LogP) is 4.68. The molecular weight excluding hydrogens is 364 g/mol. The molecule has 3 rings (SSSR count). The Balaban J connectivity index is 1.53. The van der Waals surface area contributed by atoms with Gasteiger partial charge in [0.2, 0.25) is 5.91 Å². The summed E-state index contributed by atoms with van der Waals surface area (Å²) >= 11 is 0. The Kier molecular flexibility index (Phi) is 7.14. The maximum atomic E-state index is 12.6. The van der Waals surface area contributed by atoms with Crippen LogP contribution in [-0.4, -0.2) is 11.8 Å². The molecule has 2 amide bonds. The molecule has 0 aliphatic rings. The van der Waals surface area contributed by atoms with Crippen molar-refractivity contribution < 1.29 is 14.4 Å². The Bertz CT molecular complexity index is 925. The van der Waals surface area contributed by atoms with Crippen LogP contribution < -0.4 is 10.8 Å². The topological polar surface area (TPSA) is 67.4 Å².